The predicted octanol–water partition coefficient (Wildman–Crippen LogP) is 2.89. The number of hydrogen-bond acceptors (Lipinski definition) is 3. The molecule has 0 bridgehead atoms. The van der Waals surface area contributed by atoms with Crippen molar-refractivity contribution in [1.82, 2.24) is 5.32 Å². The molecule has 0 radical (unpaired) electrons. The van der Waals surface area contributed by atoms with Crippen LogP contribution in [0.15, 0.2) is 24.3 Å². The first-order valence-corrected chi connectivity index (χ1v) is 10.2. The normalized spacial score (nSPS) is 21.3. The number of nitrogens with one attached hydrogen (secondary N) is 1. The van der Waals surface area contributed by atoms with Crippen LogP contribution in [-0.4, -0.2) is 25.8 Å². The van der Waals surface area contributed by atoms with Crippen LogP contribution in [0.5, 0.6) is 0 Å². The van der Waals surface area contributed by atoms with E-state index >= 15 is 0 Å². The van der Waals surface area contributed by atoms with E-state index in [1.165, 1.54) is 5.56 Å². The molecule has 2 rings (SSSR count). The Bertz CT molecular complexity index is 635. The topological polar surface area (TPSA) is 63.2 Å². The molecule has 1 N–H and O–H groups in total. The summed E-state index contributed by atoms with van der Waals surface area (Å²) in [5.74, 6) is 0.564. The fraction of sp³-hybridized carbons (Fsp3) is 0.611. The highest BCUT2D eigenvalue weighted by molar-refractivity contribution is 7.91. The maximum Gasteiger partial charge on any atom is 0.220 e. The molecule has 1 aromatic carbocycles. The maximum atomic E-state index is 12.3. The van der Waals surface area contributed by atoms with Crippen molar-refractivity contribution in [2.75, 3.05) is 11.5 Å². The molecule has 1 saturated heterocycles. The zero-order valence-corrected chi connectivity index (χ0v) is 15.0. The highest BCUT2D eigenvalue weighted by Crippen LogP contribution is 2.25. The van der Waals surface area contributed by atoms with Gasteiger partial charge in [0.15, 0.2) is 9.84 Å². The van der Waals surface area contributed by atoms with E-state index in [4.69, 9.17) is 0 Å². The summed E-state index contributed by atoms with van der Waals surface area (Å²) in [6.45, 7) is 6.28. The zero-order valence-electron chi connectivity index (χ0n) is 14.2. The molecule has 2 unspecified atom stereocenters. The number of sulfone groups is 1. The quantitative estimate of drug-likeness (QED) is 0.868. The van der Waals surface area contributed by atoms with Gasteiger partial charge in [0, 0.05) is 6.42 Å². The van der Waals surface area contributed by atoms with Gasteiger partial charge in [0.1, 0.15) is 0 Å². The molecule has 128 valence electrons. The van der Waals surface area contributed by atoms with Gasteiger partial charge in [0.05, 0.1) is 17.5 Å². The summed E-state index contributed by atoms with van der Waals surface area (Å²) in [6, 6.07) is 8.31. The number of amides is 1. The lowest BCUT2D eigenvalue weighted by Gasteiger charge is -2.24. The van der Waals surface area contributed by atoms with E-state index in [1.807, 2.05) is 0 Å². The molecule has 1 fully saturated rings. The Morgan fingerprint density at radius 1 is 1.26 bits per heavy atom. The van der Waals surface area contributed by atoms with E-state index in [-0.39, 0.29) is 35.3 Å². The Morgan fingerprint density at radius 3 is 2.39 bits per heavy atom. The molecule has 0 spiro atoms. The summed E-state index contributed by atoms with van der Waals surface area (Å²) in [5.41, 5.74) is 2.38. The Hall–Kier alpha value is -1.36. The lowest BCUT2D eigenvalue weighted by Crippen LogP contribution is -2.33. The van der Waals surface area contributed by atoms with Gasteiger partial charge >= 0.3 is 0 Å². The Morgan fingerprint density at radius 2 is 1.91 bits per heavy atom. The van der Waals surface area contributed by atoms with Gasteiger partial charge in [-0.2, -0.15) is 0 Å². The average Bonchev–Trinajstić information content (AvgIpc) is 2.83. The van der Waals surface area contributed by atoms with Crippen LogP contribution in [0.25, 0.3) is 0 Å². The lowest BCUT2D eigenvalue weighted by atomic mass is 9.94. The van der Waals surface area contributed by atoms with E-state index in [0.717, 1.165) is 12.0 Å². The predicted molar refractivity (Wildman–Crippen MR) is 92.9 cm³/mol. The SMILES string of the molecule is CCc1ccc(C(NC(=O)CC2CCS(=O)(=O)C2)C(C)C)cc1. The van der Waals surface area contributed by atoms with Gasteiger partial charge in [-0.05, 0) is 35.8 Å². The van der Waals surface area contributed by atoms with Crippen molar-refractivity contribution in [1.29, 1.82) is 0 Å². The summed E-state index contributed by atoms with van der Waals surface area (Å²) in [4.78, 5) is 12.3. The third-order valence-corrected chi connectivity index (χ3v) is 6.37. The van der Waals surface area contributed by atoms with E-state index < -0.39 is 9.84 Å². The van der Waals surface area contributed by atoms with Crippen LogP contribution in [0.3, 0.4) is 0 Å². The van der Waals surface area contributed by atoms with Crippen LogP contribution in [0, 0.1) is 11.8 Å². The maximum absolute atomic E-state index is 12.3. The van der Waals surface area contributed by atoms with Crippen molar-refractivity contribution in [2.24, 2.45) is 11.8 Å². The molecule has 4 nitrogen and oxygen atoms in total. The monoisotopic (exact) mass is 337 g/mol. The lowest BCUT2D eigenvalue weighted by molar-refractivity contribution is -0.122. The second-order valence-corrected chi connectivity index (χ2v) is 9.09. The number of hydrogen-bond donors (Lipinski definition) is 1. The van der Waals surface area contributed by atoms with E-state index in [2.05, 4.69) is 50.4 Å². The molecular weight excluding hydrogens is 310 g/mol. The zero-order chi connectivity index (χ0) is 17.0. The van der Waals surface area contributed by atoms with Crippen LogP contribution in [-0.2, 0) is 21.1 Å². The van der Waals surface area contributed by atoms with Crippen molar-refractivity contribution in [3.63, 3.8) is 0 Å². The molecule has 0 aromatic heterocycles. The van der Waals surface area contributed by atoms with Crippen molar-refractivity contribution in [3.8, 4) is 0 Å². The second-order valence-electron chi connectivity index (χ2n) is 6.86. The van der Waals surface area contributed by atoms with Gasteiger partial charge in [-0.1, -0.05) is 45.0 Å². The summed E-state index contributed by atoms with van der Waals surface area (Å²) in [7, 11) is -2.93. The standard InChI is InChI=1S/C18H27NO3S/c1-4-14-5-7-16(8-6-14)18(13(2)3)19-17(20)11-15-9-10-23(21,22)12-15/h5-8,13,15,18H,4,9-12H2,1-3H3,(H,19,20). The molecule has 1 aliphatic rings. The van der Waals surface area contributed by atoms with Gasteiger partial charge in [-0.15, -0.1) is 0 Å². The highest BCUT2D eigenvalue weighted by Gasteiger charge is 2.30. The van der Waals surface area contributed by atoms with Crippen LogP contribution in [0.4, 0.5) is 0 Å². The van der Waals surface area contributed by atoms with Gasteiger partial charge < -0.3 is 5.32 Å². The number of benzene rings is 1. The number of carbonyl (C=O) groups is 1. The third-order valence-electron chi connectivity index (χ3n) is 4.53. The minimum absolute atomic E-state index is 0.0321. The van der Waals surface area contributed by atoms with Crippen molar-refractivity contribution in [2.45, 2.75) is 46.1 Å². The molecule has 0 aliphatic carbocycles. The number of aryl methyl sites for hydroxylation is 1. The van der Waals surface area contributed by atoms with Crippen molar-refractivity contribution < 1.29 is 13.2 Å². The van der Waals surface area contributed by atoms with Gasteiger partial charge in [-0.3, -0.25) is 4.79 Å². The largest absolute Gasteiger partial charge is 0.349 e. The third kappa shape index (κ3) is 5.06. The van der Waals surface area contributed by atoms with E-state index in [1.54, 1.807) is 0 Å². The summed E-state index contributed by atoms with van der Waals surface area (Å²) in [5, 5.41) is 3.09. The summed E-state index contributed by atoms with van der Waals surface area (Å²) < 4.78 is 23.0. The number of rotatable bonds is 6. The molecular formula is C18H27NO3S. The average molecular weight is 337 g/mol. The van der Waals surface area contributed by atoms with E-state index in [9.17, 15) is 13.2 Å². The Balaban J connectivity index is 1.99. The smallest absolute Gasteiger partial charge is 0.220 e. The van der Waals surface area contributed by atoms with Crippen LogP contribution < -0.4 is 5.32 Å². The van der Waals surface area contributed by atoms with Crippen LogP contribution in [0.2, 0.25) is 0 Å². The molecule has 1 heterocycles. The molecule has 2 atom stereocenters. The highest BCUT2D eigenvalue weighted by atomic mass is 32.2. The van der Waals surface area contributed by atoms with Gasteiger partial charge in [0.2, 0.25) is 5.91 Å². The van der Waals surface area contributed by atoms with Crippen molar-refractivity contribution >= 4 is 15.7 Å². The van der Waals surface area contributed by atoms with Crippen molar-refractivity contribution in [3.05, 3.63) is 35.4 Å². The van der Waals surface area contributed by atoms with E-state index in [0.29, 0.717) is 12.8 Å². The first-order chi connectivity index (χ1) is 10.8. The summed E-state index contributed by atoms with van der Waals surface area (Å²) in [6.07, 6.45) is 1.90. The first-order valence-electron chi connectivity index (χ1n) is 8.39. The minimum Gasteiger partial charge on any atom is -0.349 e. The van der Waals surface area contributed by atoms with Crippen LogP contribution >= 0.6 is 0 Å². The molecule has 5 heteroatoms. The summed E-state index contributed by atoms with van der Waals surface area (Å²) >= 11 is 0. The molecule has 0 saturated carbocycles. The Kier molecular flexibility index (Phi) is 5.84. The number of carbonyl (C=O) groups excluding carboxylic acids is 1. The van der Waals surface area contributed by atoms with Crippen LogP contribution in [0.1, 0.15) is 50.8 Å². The molecule has 23 heavy (non-hydrogen) atoms. The fourth-order valence-corrected chi connectivity index (χ4v) is 4.98. The first kappa shape index (κ1) is 18.0. The molecule has 1 aliphatic heterocycles. The fourth-order valence-electron chi connectivity index (χ4n) is 3.12. The van der Waals surface area contributed by atoms with Gasteiger partial charge in [0.25, 0.3) is 0 Å². The molecule has 1 amide bonds. The molecule has 1 aromatic rings. The second kappa shape index (κ2) is 7.47. The van der Waals surface area contributed by atoms with Gasteiger partial charge in [-0.25, -0.2) is 8.42 Å². The minimum atomic E-state index is -2.93. The Labute approximate surface area is 139 Å².